The zero-order valence-corrected chi connectivity index (χ0v) is 43.1. The fourth-order valence-corrected chi connectivity index (χ4v) is 9.18. The summed E-state index contributed by atoms with van der Waals surface area (Å²) in [6.07, 6.45) is -9.44. The lowest BCUT2D eigenvalue weighted by Crippen LogP contribution is -2.71. The molecule has 0 radical (unpaired) electrons. The molecule has 24 heteroatoms. The lowest BCUT2D eigenvalue weighted by Gasteiger charge is -2.52. The molecule has 68 heavy (non-hydrogen) atoms. The van der Waals surface area contributed by atoms with Gasteiger partial charge in [-0.2, -0.15) is 0 Å². The summed E-state index contributed by atoms with van der Waals surface area (Å²) in [7, 11) is -3.08. The number of carbonyl (C=O) groups is 4. The first-order valence-corrected chi connectivity index (χ1v) is 24.7. The Bertz CT molecular complexity index is 1840. The summed E-state index contributed by atoms with van der Waals surface area (Å²) in [6.45, 7) is 21.5. The molecule has 2 aliphatic heterocycles. The van der Waals surface area contributed by atoms with Gasteiger partial charge < -0.3 is 80.4 Å². The van der Waals surface area contributed by atoms with E-state index in [1.807, 2.05) is 0 Å². The molecule has 2 unspecified atom stereocenters. The zero-order valence-electron chi connectivity index (χ0n) is 42.3. The highest BCUT2D eigenvalue weighted by Gasteiger charge is 2.57. The van der Waals surface area contributed by atoms with E-state index in [0.29, 0.717) is 25.3 Å². The van der Waals surface area contributed by atoms with Crippen molar-refractivity contribution in [2.75, 3.05) is 45.6 Å². The van der Waals surface area contributed by atoms with E-state index in [0.717, 1.165) is 4.90 Å². The lowest BCUT2D eigenvalue weighted by molar-refractivity contribution is -0.305. The number of hydrogen-bond donors (Lipinski definition) is 9. The Morgan fingerprint density at radius 1 is 0.824 bits per heavy atom. The summed E-state index contributed by atoms with van der Waals surface area (Å²) in [5, 5.41) is 47.6. The van der Waals surface area contributed by atoms with Crippen LogP contribution >= 0.6 is 0 Å². The highest BCUT2D eigenvalue weighted by atomic mass is 32.2. The van der Waals surface area contributed by atoms with Crippen LogP contribution in [0.5, 0.6) is 0 Å². The van der Waals surface area contributed by atoms with Crippen molar-refractivity contribution < 1.29 is 76.1 Å². The van der Waals surface area contributed by atoms with E-state index >= 15 is 0 Å². The molecular weight excluding hydrogens is 915 g/mol. The van der Waals surface area contributed by atoms with Crippen molar-refractivity contribution in [1.82, 2.24) is 30.9 Å². The summed E-state index contributed by atoms with van der Waals surface area (Å²) in [5.74, 6) is -1.50. The van der Waals surface area contributed by atoms with E-state index in [9.17, 15) is 42.9 Å². The number of hydrogen-bond acceptors (Lipinski definition) is 18. The van der Waals surface area contributed by atoms with Crippen molar-refractivity contribution in [3.8, 4) is 0 Å². The number of aliphatic hydroxyl groups excluding tert-OH is 2. The van der Waals surface area contributed by atoms with Crippen LogP contribution in [0, 0.1) is 5.92 Å². The number of alkyl carbamates (subject to hydrolysis) is 3. The van der Waals surface area contributed by atoms with Crippen molar-refractivity contribution in [1.29, 1.82) is 0 Å². The minimum Gasteiger partial charge on any atom is -0.491 e. The van der Waals surface area contributed by atoms with Crippen LogP contribution in [0.1, 0.15) is 109 Å². The van der Waals surface area contributed by atoms with E-state index in [1.54, 1.807) is 89.2 Å². The van der Waals surface area contributed by atoms with E-state index in [2.05, 4.69) is 26.0 Å². The number of nitrogens with one attached hydrogen (secondary N) is 5. The van der Waals surface area contributed by atoms with Gasteiger partial charge in [0, 0.05) is 25.6 Å². The van der Waals surface area contributed by atoms with Gasteiger partial charge in [0.15, 0.2) is 6.29 Å². The first-order valence-electron chi connectivity index (χ1n) is 23.0. The zero-order chi connectivity index (χ0) is 51.8. The molecule has 4 amide bonds. The predicted molar refractivity (Wildman–Crippen MR) is 249 cm³/mol. The average Bonchev–Trinajstić information content (AvgIpc) is 3.13. The van der Waals surface area contributed by atoms with Crippen LogP contribution in [0.25, 0.3) is 0 Å². The maximum Gasteiger partial charge on any atom is 0.410 e. The fourth-order valence-electron chi connectivity index (χ4n) is 8.00. The van der Waals surface area contributed by atoms with Crippen LogP contribution in [0.3, 0.4) is 0 Å². The van der Waals surface area contributed by atoms with Gasteiger partial charge in [-0.25, -0.2) is 32.3 Å². The second kappa shape index (κ2) is 23.4. The summed E-state index contributed by atoms with van der Waals surface area (Å²) in [5.41, 5.74) is 0.118. The van der Waals surface area contributed by atoms with Crippen LogP contribution < -0.4 is 31.7 Å². The normalized spacial score (nSPS) is 29.4. The third kappa shape index (κ3) is 18.9. The molecule has 0 bridgehead atoms. The Balaban J connectivity index is 2.18. The molecule has 0 aromatic rings. The SMILES string of the molecule is CN(C(=O)OC(C)(C)C)[C@@H]1[C@@H](O)[C@@H](O[C@@H]2[C@@H](O)[C@H](C3OC(CNCCCN)=CC[C@H]3NC(=O)OC(C)(C)C)C(NC(=O)OC(C)(C)C)C[C@H]2NS(=O)(=O)CCNC(=O)OC(C)(C)C)OC[C@]1(C)O. The number of sulfonamides is 1. The molecule has 3 rings (SSSR count). The summed E-state index contributed by atoms with van der Waals surface area (Å²) >= 11 is 0. The first kappa shape index (κ1) is 58.6. The van der Waals surface area contributed by atoms with Gasteiger partial charge in [0.05, 0.1) is 43.1 Å². The molecule has 0 aromatic carbocycles. The molecule has 3 aliphatic rings. The van der Waals surface area contributed by atoms with Crippen molar-refractivity contribution >= 4 is 34.4 Å². The maximum absolute atomic E-state index is 13.9. The molecule has 394 valence electrons. The minimum atomic E-state index is -4.39. The van der Waals surface area contributed by atoms with Crippen molar-refractivity contribution in [3.05, 3.63) is 11.8 Å². The molecule has 2 fully saturated rings. The number of nitrogens with zero attached hydrogens (tertiary/aromatic N) is 1. The number of nitrogens with two attached hydrogens (primary N) is 1. The molecule has 0 spiro atoms. The topological polar surface area (TPSA) is 317 Å². The first-order chi connectivity index (χ1) is 31.0. The molecule has 10 N–H and O–H groups in total. The van der Waals surface area contributed by atoms with E-state index < -0.39 is 142 Å². The van der Waals surface area contributed by atoms with E-state index in [4.69, 9.17) is 38.9 Å². The van der Waals surface area contributed by atoms with Gasteiger partial charge in [0.2, 0.25) is 10.0 Å². The Morgan fingerprint density at radius 3 is 1.91 bits per heavy atom. The van der Waals surface area contributed by atoms with Gasteiger partial charge in [0.1, 0.15) is 52.1 Å². The molecule has 1 saturated heterocycles. The molecule has 23 nitrogen and oxygen atoms in total. The second-order valence-corrected chi connectivity index (χ2v) is 23.6. The highest BCUT2D eigenvalue weighted by Crippen LogP contribution is 2.39. The van der Waals surface area contributed by atoms with Crippen LogP contribution in [0.15, 0.2) is 11.8 Å². The summed E-state index contributed by atoms with van der Waals surface area (Å²) in [6, 6.07) is -4.96. The molecular formula is C44H81N7O16S. The number of amides is 4. The number of rotatable bonds is 16. The third-order valence-electron chi connectivity index (χ3n) is 10.6. The van der Waals surface area contributed by atoms with Gasteiger partial charge >= 0.3 is 24.4 Å². The van der Waals surface area contributed by atoms with Crippen LogP contribution in [-0.4, -0.2) is 181 Å². The number of ether oxygens (including phenoxy) is 7. The van der Waals surface area contributed by atoms with Gasteiger partial charge in [0.25, 0.3) is 0 Å². The Kier molecular flexibility index (Phi) is 20.2. The van der Waals surface area contributed by atoms with E-state index in [-0.39, 0.29) is 19.4 Å². The molecule has 11 atom stereocenters. The lowest BCUT2D eigenvalue weighted by atomic mass is 9.72. The van der Waals surface area contributed by atoms with Gasteiger partial charge in [-0.1, -0.05) is 0 Å². The summed E-state index contributed by atoms with van der Waals surface area (Å²) in [4.78, 5) is 53.8. The van der Waals surface area contributed by atoms with Crippen LogP contribution in [-0.2, 0) is 43.2 Å². The minimum absolute atomic E-state index is 0.157. The molecule has 1 aliphatic carbocycles. The van der Waals surface area contributed by atoms with Crippen molar-refractivity contribution in [3.63, 3.8) is 0 Å². The number of carbonyl (C=O) groups excluding carboxylic acids is 4. The predicted octanol–water partition coefficient (Wildman–Crippen LogP) is 1.67. The van der Waals surface area contributed by atoms with Crippen molar-refractivity contribution in [2.45, 2.75) is 192 Å². The van der Waals surface area contributed by atoms with Crippen LogP contribution in [0.4, 0.5) is 19.2 Å². The Morgan fingerprint density at radius 2 is 1.37 bits per heavy atom. The third-order valence-corrected chi connectivity index (χ3v) is 12.0. The van der Waals surface area contributed by atoms with Crippen LogP contribution in [0.2, 0.25) is 0 Å². The second-order valence-electron chi connectivity index (χ2n) is 21.8. The van der Waals surface area contributed by atoms with Gasteiger partial charge in [-0.05, 0) is 128 Å². The standard InChI is InChI=1S/C44H81N7O16S/c1-40(2,3)64-36(54)47-20-21-68(59,60)50-28-22-27(49-38(56)66-42(7,8)9)29(32-26(48-37(55)65-41(4,5)6)17-16-25(62-32)23-46-19-15-18-45)30(52)33(28)63-35-31(53)34(44(13,58)24-61-35)51(14)39(57)67-43(10,11)12/h16,26-35,46,50,52-53,58H,15,17-24,45H2,1-14H3,(H,47,54)(H,48,55)(H,49,56)/t26-,27?,28-,29-,30+,31-,32?,33+,34-,35-,44+/m1/s1. The molecule has 0 aromatic heterocycles. The van der Waals surface area contributed by atoms with E-state index in [1.165, 1.54) is 14.0 Å². The molecule has 1 saturated carbocycles. The average molecular weight is 996 g/mol. The summed E-state index contributed by atoms with van der Waals surface area (Å²) < 4.78 is 71.4. The Labute approximate surface area is 401 Å². The van der Waals surface area contributed by atoms with Gasteiger partial charge in [-0.3, -0.25) is 0 Å². The molecule has 2 heterocycles. The Hall–Kier alpha value is -3.75. The number of aliphatic hydroxyl groups is 3. The largest absolute Gasteiger partial charge is 0.491 e. The number of likely N-dealkylation sites (N-methyl/N-ethyl adjacent to an activating group) is 1. The monoisotopic (exact) mass is 996 g/mol. The smallest absolute Gasteiger partial charge is 0.410 e. The quantitative estimate of drug-likeness (QED) is 0.0785. The maximum atomic E-state index is 13.9. The van der Waals surface area contributed by atoms with Crippen molar-refractivity contribution in [2.24, 2.45) is 11.7 Å². The fraction of sp³-hybridized carbons (Fsp3) is 0.864. The highest BCUT2D eigenvalue weighted by molar-refractivity contribution is 7.89. The van der Waals surface area contributed by atoms with Gasteiger partial charge in [-0.15, -0.1) is 0 Å².